The SMILES string of the molecule is FC(F)(F)c1ccc(CCl)cc1-c1cccnc1. The Morgan fingerprint density at radius 2 is 1.94 bits per heavy atom. The smallest absolute Gasteiger partial charge is 0.264 e. The third-order valence-corrected chi connectivity index (χ3v) is 2.82. The quantitative estimate of drug-likeness (QED) is 0.733. The number of rotatable bonds is 2. The van der Waals surface area contributed by atoms with E-state index in [0.29, 0.717) is 11.1 Å². The zero-order valence-electron chi connectivity index (χ0n) is 9.21. The van der Waals surface area contributed by atoms with Gasteiger partial charge in [0.1, 0.15) is 0 Å². The van der Waals surface area contributed by atoms with Gasteiger partial charge in [0.05, 0.1) is 5.56 Å². The Hall–Kier alpha value is -1.55. The lowest BCUT2D eigenvalue weighted by atomic mass is 9.98. The molecule has 0 spiro atoms. The lowest BCUT2D eigenvalue weighted by Crippen LogP contribution is -2.07. The Balaban J connectivity index is 2.62. The largest absolute Gasteiger partial charge is 0.417 e. The number of benzene rings is 1. The van der Waals surface area contributed by atoms with Gasteiger partial charge in [-0.3, -0.25) is 4.98 Å². The van der Waals surface area contributed by atoms with Crippen molar-refractivity contribution in [1.29, 1.82) is 0 Å². The third kappa shape index (κ3) is 2.64. The van der Waals surface area contributed by atoms with E-state index >= 15 is 0 Å². The molecule has 0 unspecified atom stereocenters. The van der Waals surface area contributed by atoms with E-state index in [9.17, 15) is 13.2 Å². The number of aromatic nitrogens is 1. The predicted octanol–water partition coefficient (Wildman–Crippen LogP) is 4.51. The van der Waals surface area contributed by atoms with E-state index in [1.165, 1.54) is 24.5 Å². The van der Waals surface area contributed by atoms with Crippen LogP contribution in [0.4, 0.5) is 13.2 Å². The van der Waals surface area contributed by atoms with Gasteiger partial charge >= 0.3 is 6.18 Å². The van der Waals surface area contributed by atoms with Gasteiger partial charge in [-0.15, -0.1) is 11.6 Å². The van der Waals surface area contributed by atoms with Crippen molar-refractivity contribution < 1.29 is 13.2 Å². The molecule has 1 nitrogen and oxygen atoms in total. The summed E-state index contributed by atoms with van der Waals surface area (Å²) in [6.07, 6.45) is -1.47. The van der Waals surface area contributed by atoms with Crippen molar-refractivity contribution in [3.63, 3.8) is 0 Å². The molecule has 0 saturated heterocycles. The van der Waals surface area contributed by atoms with Gasteiger partial charge in [0.2, 0.25) is 0 Å². The third-order valence-electron chi connectivity index (χ3n) is 2.52. The molecule has 0 saturated carbocycles. The molecule has 0 radical (unpaired) electrons. The highest BCUT2D eigenvalue weighted by Gasteiger charge is 2.33. The Morgan fingerprint density at radius 3 is 2.50 bits per heavy atom. The normalized spacial score (nSPS) is 11.6. The van der Waals surface area contributed by atoms with E-state index < -0.39 is 11.7 Å². The fourth-order valence-electron chi connectivity index (χ4n) is 1.68. The fourth-order valence-corrected chi connectivity index (χ4v) is 1.85. The van der Waals surface area contributed by atoms with Gasteiger partial charge < -0.3 is 0 Å². The van der Waals surface area contributed by atoms with Gasteiger partial charge in [-0.25, -0.2) is 0 Å². The van der Waals surface area contributed by atoms with Crippen molar-refractivity contribution in [2.75, 3.05) is 0 Å². The second-order valence-electron chi connectivity index (χ2n) is 3.75. The molecule has 2 rings (SSSR count). The van der Waals surface area contributed by atoms with Gasteiger partial charge in [0.25, 0.3) is 0 Å². The van der Waals surface area contributed by atoms with Crippen molar-refractivity contribution >= 4 is 11.6 Å². The highest BCUT2D eigenvalue weighted by molar-refractivity contribution is 6.17. The summed E-state index contributed by atoms with van der Waals surface area (Å²) in [5, 5.41) is 0. The predicted molar refractivity (Wildman–Crippen MR) is 64.2 cm³/mol. The van der Waals surface area contributed by atoms with Crippen molar-refractivity contribution in [3.8, 4) is 11.1 Å². The van der Waals surface area contributed by atoms with Gasteiger partial charge in [-0.2, -0.15) is 13.2 Å². The summed E-state index contributed by atoms with van der Waals surface area (Å²) in [4.78, 5) is 3.84. The maximum absolute atomic E-state index is 12.9. The average molecular weight is 272 g/mol. The maximum atomic E-state index is 12.9. The summed E-state index contributed by atoms with van der Waals surface area (Å²) in [5.74, 6) is 0.172. The molecule has 5 heteroatoms. The highest BCUT2D eigenvalue weighted by Crippen LogP contribution is 2.37. The lowest BCUT2D eigenvalue weighted by molar-refractivity contribution is -0.137. The van der Waals surface area contributed by atoms with E-state index in [2.05, 4.69) is 4.98 Å². The number of pyridine rings is 1. The van der Waals surface area contributed by atoms with Crippen LogP contribution in [0.5, 0.6) is 0 Å². The molecule has 0 aliphatic heterocycles. The maximum Gasteiger partial charge on any atom is 0.417 e. The van der Waals surface area contributed by atoms with Crippen LogP contribution in [0.1, 0.15) is 11.1 Å². The van der Waals surface area contributed by atoms with Crippen molar-refractivity contribution in [2.24, 2.45) is 0 Å². The topological polar surface area (TPSA) is 12.9 Å². The summed E-state index contributed by atoms with van der Waals surface area (Å²) < 4.78 is 38.7. The minimum atomic E-state index is -4.39. The van der Waals surface area contributed by atoms with Gasteiger partial charge in [-0.1, -0.05) is 12.1 Å². The Bertz CT molecular complexity index is 538. The summed E-state index contributed by atoms with van der Waals surface area (Å²) in [6, 6.07) is 7.08. The van der Waals surface area contributed by atoms with Crippen LogP contribution < -0.4 is 0 Å². The second-order valence-corrected chi connectivity index (χ2v) is 4.02. The number of halogens is 4. The Labute approximate surface area is 107 Å². The fraction of sp³-hybridized carbons (Fsp3) is 0.154. The molecule has 0 N–H and O–H groups in total. The van der Waals surface area contributed by atoms with Gasteiger partial charge in [0.15, 0.2) is 0 Å². The van der Waals surface area contributed by atoms with Crippen molar-refractivity contribution in [1.82, 2.24) is 4.98 Å². The highest BCUT2D eigenvalue weighted by atomic mass is 35.5. The van der Waals surface area contributed by atoms with Gasteiger partial charge in [0, 0.05) is 23.8 Å². The van der Waals surface area contributed by atoms with Gasteiger partial charge in [-0.05, 0) is 29.3 Å². The van der Waals surface area contributed by atoms with Crippen LogP contribution in [0.15, 0.2) is 42.7 Å². The Kier molecular flexibility index (Phi) is 3.57. The molecule has 0 amide bonds. The first-order valence-corrected chi connectivity index (χ1v) is 5.72. The summed E-state index contributed by atoms with van der Waals surface area (Å²) >= 11 is 5.66. The molecular formula is C13H9ClF3N. The standard InChI is InChI=1S/C13H9ClF3N/c14-7-9-3-4-12(13(15,16)17)11(6-9)10-2-1-5-18-8-10/h1-6,8H,7H2. The molecule has 1 aromatic carbocycles. The van der Waals surface area contributed by atoms with Crippen LogP contribution in [-0.4, -0.2) is 4.98 Å². The molecule has 0 atom stereocenters. The number of hydrogen-bond donors (Lipinski definition) is 0. The van der Waals surface area contributed by atoms with Crippen molar-refractivity contribution in [3.05, 3.63) is 53.9 Å². The molecule has 18 heavy (non-hydrogen) atoms. The lowest BCUT2D eigenvalue weighted by Gasteiger charge is -2.13. The monoisotopic (exact) mass is 271 g/mol. The molecule has 2 aromatic rings. The first-order valence-electron chi connectivity index (χ1n) is 5.19. The van der Waals surface area contributed by atoms with E-state index in [1.807, 2.05) is 0 Å². The molecule has 0 aliphatic carbocycles. The van der Waals surface area contributed by atoms with Crippen molar-refractivity contribution in [2.45, 2.75) is 12.1 Å². The zero-order valence-corrected chi connectivity index (χ0v) is 9.96. The molecule has 1 aromatic heterocycles. The van der Waals surface area contributed by atoms with E-state index in [4.69, 9.17) is 11.6 Å². The van der Waals surface area contributed by atoms with E-state index in [-0.39, 0.29) is 11.4 Å². The minimum absolute atomic E-state index is 0.105. The number of alkyl halides is 4. The molecule has 0 fully saturated rings. The zero-order chi connectivity index (χ0) is 13.2. The average Bonchev–Trinajstić information content (AvgIpc) is 2.38. The number of nitrogens with zero attached hydrogens (tertiary/aromatic N) is 1. The molecule has 0 bridgehead atoms. The first-order chi connectivity index (χ1) is 8.52. The molecule has 94 valence electrons. The molecule has 0 aliphatic rings. The van der Waals surface area contributed by atoms with Crippen LogP contribution in [0.2, 0.25) is 0 Å². The molecular weight excluding hydrogens is 263 g/mol. The van der Waals surface area contributed by atoms with Crippen LogP contribution >= 0.6 is 11.6 Å². The summed E-state index contributed by atoms with van der Waals surface area (Å²) in [5.41, 5.74) is 0.499. The number of hydrogen-bond acceptors (Lipinski definition) is 1. The van der Waals surface area contributed by atoms with Crippen LogP contribution in [0.25, 0.3) is 11.1 Å². The van der Waals surface area contributed by atoms with Crippen LogP contribution in [-0.2, 0) is 12.1 Å². The van der Waals surface area contributed by atoms with E-state index in [1.54, 1.807) is 12.1 Å². The van der Waals surface area contributed by atoms with Crippen LogP contribution in [0, 0.1) is 0 Å². The Morgan fingerprint density at radius 1 is 1.17 bits per heavy atom. The van der Waals surface area contributed by atoms with E-state index in [0.717, 1.165) is 6.07 Å². The summed E-state index contributed by atoms with van der Waals surface area (Å²) in [6.45, 7) is 0. The molecule has 1 heterocycles. The first kappa shape index (κ1) is 12.9. The second kappa shape index (κ2) is 4.98. The summed E-state index contributed by atoms with van der Waals surface area (Å²) in [7, 11) is 0. The minimum Gasteiger partial charge on any atom is -0.264 e. The van der Waals surface area contributed by atoms with Crippen LogP contribution in [0.3, 0.4) is 0 Å².